The maximum Gasteiger partial charge on any atom is 0.203 e. The Labute approximate surface area is 146 Å². The highest BCUT2D eigenvalue weighted by molar-refractivity contribution is 5.54. The smallest absolute Gasteiger partial charge is 0.203 e. The molecule has 0 unspecified atom stereocenters. The van der Waals surface area contributed by atoms with E-state index >= 15 is 0 Å². The number of ether oxygens (including phenoxy) is 3. The second-order valence-electron chi connectivity index (χ2n) is 5.78. The minimum Gasteiger partial charge on any atom is -0.489 e. The monoisotopic (exact) mass is 330 g/mol. The molecule has 1 rings (SSSR count). The number of rotatable bonds is 13. The van der Waals surface area contributed by atoms with Crippen molar-refractivity contribution in [3.63, 3.8) is 0 Å². The van der Waals surface area contributed by atoms with Gasteiger partial charge in [-0.05, 0) is 42.9 Å². The Kier molecular flexibility index (Phi) is 9.44. The van der Waals surface area contributed by atoms with Crippen molar-refractivity contribution in [3.8, 4) is 17.2 Å². The third-order valence-electron chi connectivity index (χ3n) is 3.44. The molecule has 24 heavy (non-hydrogen) atoms. The Hall–Kier alpha value is -2.16. The molecule has 132 valence electrons. The van der Waals surface area contributed by atoms with Crippen LogP contribution in [0.3, 0.4) is 0 Å². The number of hydrogen-bond acceptors (Lipinski definition) is 3. The van der Waals surface area contributed by atoms with E-state index in [0.29, 0.717) is 31.5 Å². The van der Waals surface area contributed by atoms with E-state index in [1.807, 2.05) is 30.4 Å². The molecule has 0 saturated carbocycles. The zero-order valence-electron chi connectivity index (χ0n) is 15.1. The van der Waals surface area contributed by atoms with Gasteiger partial charge >= 0.3 is 0 Å². The molecule has 0 saturated heterocycles. The van der Waals surface area contributed by atoms with Gasteiger partial charge in [0.15, 0.2) is 11.5 Å². The molecule has 0 spiro atoms. The Bertz CT molecular complexity index is 497. The molecular weight excluding hydrogens is 300 g/mol. The number of benzene rings is 1. The Morgan fingerprint density at radius 1 is 0.792 bits per heavy atom. The minimum atomic E-state index is 0.371. The molecule has 0 atom stereocenters. The fourth-order valence-corrected chi connectivity index (χ4v) is 2.04. The van der Waals surface area contributed by atoms with Gasteiger partial charge in [0.1, 0.15) is 0 Å². The lowest BCUT2D eigenvalue weighted by Crippen LogP contribution is -2.06. The topological polar surface area (TPSA) is 27.7 Å². The molecule has 0 heterocycles. The fourth-order valence-electron chi connectivity index (χ4n) is 2.04. The van der Waals surface area contributed by atoms with E-state index < -0.39 is 0 Å². The van der Waals surface area contributed by atoms with Crippen LogP contribution in [0.25, 0.3) is 0 Å². The highest BCUT2D eigenvalue weighted by Crippen LogP contribution is 2.41. The first-order valence-electron chi connectivity index (χ1n) is 8.53. The molecular formula is C21H30O3. The second kappa shape index (κ2) is 11.4. The van der Waals surface area contributed by atoms with Gasteiger partial charge in [-0.15, -0.1) is 19.7 Å². The highest BCUT2D eigenvalue weighted by atomic mass is 16.5. The summed E-state index contributed by atoms with van der Waals surface area (Å²) in [5.74, 6) is 2.48. The van der Waals surface area contributed by atoms with Crippen molar-refractivity contribution < 1.29 is 14.2 Å². The fraction of sp³-hybridized carbons (Fsp3) is 0.429. The molecule has 0 aliphatic carbocycles. The van der Waals surface area contributed by atoms with Crippen LogP contribution in [0.15, 0.2) is 50.1 Å². The molecule has 3 nitrogen and oxygen atoms in total. The van der Waals surface area contributed by atoms with Crippen LogP contribution in [0.4, 0.5) is 0 Å². The van der Waals surface area contributed by atoms with E-state index in [1.165, 1.54) is 0 Å². The quantitative estimate of drug-likeness (QED) is 0.344. The predicted molar refractivity (Wildman–Crippen MR) is 101 cm³/mol. The van der Waals surface area contributed by atoms with Crippen LogP contribution >= 0.6 is 0 Å². The molecule has 0 amide bonds. The average molecular weight is 330 g/mol. The predicted octanol–water partition coefficient (Wildman–Crippen LogP) is 5.67. The van der Waals surface area contributed by atoms with Crippen molar-refractivity contribution in [1.82, 2.24) is 0 Å². The van der Waals surface area contributed by atoms with Gasteiger partial charge in [-0.25, -0.2) is 0 Å². The summed E-state index contributed by atoms with van der Waals surface area (Å²) in [5, 5.41) is 0. The van der Waals surface area contributed by atoms with Crippen molar-refractivity contribution in [3.05, 3.63) is 55.7 Å². The standard InChI is InChI=1S/C21H30O3/c1-6-9-12-22-19-15-18(17(4)5)16-20(23-13-10-7-2)21(19)24-14-11-8-3/h6-8,15-17H,1-3,9-14H2,4-5H3. The number of hydrogen-bond donors (Lipinski definition) is 0. The lowest BCUT2D eigenvalue weighted by atomic mass is 10.0. The summed E-state index contributed by atoms with van der Waals surface area (Å²) in [6.45, 7) is 17.2. The van der Waals surface area contributed by atoms with Gasteiger partial charge in [-0.2, -0.15) is 0 Å². The normalized spacial score (nSPS) is 10.3. The van der Waals surface area contributed by atoms with Crippen molar-refractivity contribution >= 4 is 0 Å². The molecule has 0 bridgehead atoms. The minimum absolute atomic E-state index is 0.371. The maximum absolute atomic E-state index is 5.93. The SMILES string of the molecule is C=CCCOc1cc(C(C)C)cc(OCCC=C)c1OCCC=C. The van der Waals surface area contributed by atoms with Crippen molar-refractivity contribution in [2.45, 2.75) is 39.0 Å². The zero-order valence-corrected chi connectivity index (χ0v) is 15.1. The van der Waals surface area contributed by atoms with Crippen molar-refractivity contribution in [1.29, 1.82) is 0 Å². The zero-order chi connectivity index (χ0) is 17.8. The summed E-state index contributed by atoms with van der Waals surface area (Å²) in [7, 11) is 0. The molecule has 0 fully saturated rings. The van der Waals surface area contributed by atoms with E-state index in [1.54, 1.807) is 0 Å². The van der Waals surface area contributed by atoms with E-state index in [4.69, 9.17) is 14.2 Å². The van der Waals surface area contributed by atoms with Crippen LogP contribution in [-0.4, -0.2) is 19.8 Å². The first kappa shape index (κ1) is 19.9. The van der Waals surface area contributed by atoms with Crippen molar-refractivity contribution in [2.75, 3.05) is 19.8 Å². The Morgan fingerprint density at radius 3 is 1.58 bits per heavy atom. The van der Waals surface area contributed by atoms with Crippen LogP contribution in [0.2, 0.25) is 0 Å². The molecule has 3 heteroatoms. The summed E-state index contributed by atoms with van der Waals surface area (Å²) in [6.07, 6.45) is 7.84. The van der Waals surface area contributed by atoms with Gasteiger partial charge in [-0.1, -0.05) is 32.1 Å². The first-order chi connectivity index (χ1) is 11.6. The largest absolute Gasteiger partial charge is 0.489 e. The molecule has 0 aromatic heterocycles. The van der Waals surface area contributed by atoms with E-state index in [0.717, 1.165) is 36.3 Å². The highest BCUT2D eigenvalue weighted by Gasteiger charge is 2.16. The Morgan fingerprint density at radius 2 is 1.21 bits per heavy atom. The average Bonchev–Trinajstić information content (AvgIpc) is 2.56. The van der Waals surface area contributed by atoms with E-state index in [-0.39, 0.29) is 0 Å². The van der Waals surface area contributed by atoms with E-state index in [2.05, 4.69) is 33.6 Å². The van der Waals surface area contributed by atoms with Gasteiger partial charge < -0.3 is 14.2 Å². The van der Waals surface area contributed by atoms with Crippen LogP contribution < -0.4 is 14.2 Å². The van der Waals surface area contributed by atoms with E-state index in [9.17, 15) is 0 Å². The van der Waals surface area contributed by atoms with Gasteiger partial charge in [0, 0.05) is 0 Å². The van der Waals surface area contributed by atoms with Gasteiger partial charge in [-0.3, -0.25) is 0 Å². The van der Waals surface area contributed by atoms with Gasteiger partial charge in [0.05, 0.1) is 19.8 Å². The molecule has 0 aliphatic rings. The van der Waals surface area contributed by atoms with Crippen LogP contribution in [0, 0.1) is 0 Å². The van der Waals surface area contributed by atoms with Crippen LogP contribution in [0.1, 0.15) is 44.6 Å². The maximum atomic E-state index is 5.93. The second-order valence-corrected chi connectivity index (χ2v) is 5.78. The molecule has 0 radical (unpaired) electrons. The molecule has 0 aliphatic heterocycles. The third-order valence-corrected chi connectivity index (χ3v) is 3.44. The van der Waals surface area contributed by atoms with Crippen LogP contribution in [-0.2, 0) is 0 Å². The van der Waals surface area contributed by atoms with Gasteiger partial charge in [0.2, 0.25) is 5.75 Å². The summed E-state index contributed by atoms with van der Waals surface area (Å²) in [6, 6.07) is 4.08. The van der Waals surface area contributed by atoms with Gasteiger partial charge in [0.25, 0.3) is 0 Å². The summed E-state index contributed by atoms with van der Waals surface area (Å²) >= 11 is 0. The lowest BCUT2D eigenvalue weighted by Gasteiger charge is -2.19. The van der Waals surface area contributed by atoms with Crippen LogP contribution in [0.5, 0.6) is 17.2 Å². The lowest BCUT2D eigenvalue weighted by molar-refractivity contribution is 0.248. The summed E-state index contributed by atoms with van der Waals surface area (Å²) in [5.41, 5.74) is 1.16. The Balaban J connectivity index is 3.12. The van der Waals surface area contributed by atoms with Crippen molar-refractivity contribution in [2.24, 2.45) is 0 Å². The molecule has 1 aromatic carbocycles. The first-order valence-corrected chi connectivity index (χ1v) is 8.53. The summed E-state index contributed by atoms with van der Waals surface area (Å²) in [4.78, 5) is 0. The molecule has 0 N–H and O–H groups in total. The molecule has 1 aromatic rings. The third kappa shape index (κ3) is 6.53. The summed E-state index contributed by atoms with van der Waals surface area (Å²) < 4.78 is 17.8.